The van der Waals surface area contributed by atoms with Crippen molar-refractivity contribution in [3.8, 4) is 0 Å². The van der Waals surface area contributed by atoms with Crippen LogP contribution < -0.4 is 0 Å². The zero-order chi connectivity index (χ0) is 4.71. The summed E-state index contributed by atoms with van der Waals surface area (Å²) in [6.07, 6.45) is 0. The fourth-order valence-electron chi connectivity index (χ4n) is 0. The van der Waals surface area contributed by atoms with Gasteiger partial charge in [-0.15, -0.1) is 0 Å². The molecule has 0 aromatic rings. The van der Waals surface area contributed by atoms with Gasteiger partial charge in [0, 0.05) is 0 Å². The van der Waals surface area contributed by atoms with Gasteiger partial charge in [-0.3, -0.25) is 4.79 Å². The van der Waals surface area contributed by atoms with Crippen molar-refractivity contribution in [1.82, 2.24) is 0 Å². The van der Waals surface area contributed by atoms with Crippen molar-refractivity contribution in [2.75, 3.05) is 0 Å². The van der Waals surface area contributed by atoms with E-state index in [1.165, 1.54) is 16.3 Å². The summed E-state index contributed by atoms with van der Waals surface area (Å²) in [5.41, 5.74) is 0. The summed E-state index contributed by atoms with van der Waals surface area (Å²) < 4.78 is 0. The van der Waals surface area contributed by atoms with Gasteiger partial charge in [0.1, 0.15) is 0 Å². The van der Waals surface area contributed by atoms with Crippen LogP contribution in [0.25, 0.3) is 0 Å². The standard InChI is InChI=1S/CH2O2.BrH.Na.Zn.H/c2-1-3;;;;/h1H,(H,2,3);1H;;;/q;;;+1;/p-1. The van der Waals surface area contributed by atoms with Gasteiger partial charge in [-0.1, -0.05) is 0 Å². The summed E-state index contributed by atoms with van der Waals surface area (Å²) in [6.45, 7) is -0.250. The van der Waals surface area contributed by atoms with Crippen molar-refractivity contribution in [1.29, 1.82) is 0 Å². The van der Waals surface area contributed by atoms with Gasteiger partial charge in [0.25, 0.3) is 6.47 Å². The van der Waals surface area contributed by atoms with Crippen LogP contribution in [0, 0.1) is 0 Å². The van der Waals surface area contributed by atoms with Gasteiger partial charge in [-0.05, 0) is 0 Å². The molecule has 5 heteroatoms. The van der Waals surface area contributed by atoms with Crippen molar-refractivity contribution >= 4 is 49.7 Å². The van der Waals surface area contributed by atoms with E-state index in [4.69, 9.17) is 9.90 Å². The molecule has 0 radical (unpaired) electrons. The Kier molecular flexibility index (Phi) is 80.4. The van der Waals surface area contributed by atoms with Crippen LogP contribution in [0.1, 0.15) is 0 Å². The summed E-state index contributed by atoms with van der Waals surface area (Å²) in [4.78, 5) is 8.36. The average molecular weight is 215 g/mol. The molecule has 0 fully saturated rings. The van der Waals surface area contributed by atoms with Gasteiger partial charge in [-0.2, -0.15) is 0 Å². The van der Waals surface area contributed by atoms with Crippen LogP contribution in [0.3, 0.4) is 0 Å². The van der Waals surface area contributed by atoms with E-state index < -0.39 is 0 Å². The van der Waals surface area contributed by atoms with Gasteiger partial charge in [0.05, 0.1) is 0 Å². The molecule has 0 saturated carbocycles. The molecule has 0 atom stereocenters. The summed E-state index contributed by atoms with van der Waals surface area (Å²) in [7, 11) is 0. The molecule has 0 saturated heterocycles. The maximum atomic E-state index is 8.36. The molecule has 0 aliphatic heterocycles. The Morgan fingerprint density at radius 2 is 1.67 bits per heavy atom. The van der Waals surface area contributed by atoms with E-state index >= 15 is 0 Å². The molecular weight excluding hydrogens is 212 g/mol. The Hall–Kier alpha value is 1.57. The number of halogens is 1. The Morgan fingerprint density at radius 3 is 1.67 bits per heavy atom. The van der Waals surface area contributed by atoms with Crippen LogP contribution in [0.4, 0.5) is 0 Å². The number of carboxylic acid groups (broad SMARTS) is 1. The van der Waals surface area contributed by atoms with Gasteiger partial charge in [-0.25, -0.2) is 0 Å². The van der Waals surface area contributed by atoms with E-state index in [2.05, 4.69) is 13.6 Å². The second-order valence-corrected chi connectivity index (χ2v) is 0.105. The maximum absolute atomic E-state index is 8.36. The molecule has 29 valence electrons. The average Bonchev–Trinajstić information content (AvgIpc) is 1.46. The topological polar surface area (TPSA) is 37.3 Å². The molecular formula is CH3BrNaO2Zn. The zero-order valence-electron chi connectivity index (χ0n) is 2.52. The monoisotopic (exact) mass is 213 g/mol. The van der Waals surface area contributed by atoms with Crippen LogP contribution >= 0.6 is 13.6 Å². The Morgan fingerprint density at radius 1 is 1.67 bits per heavy atom. The van der Waals surface area contributed by atoms with Crippen molar-refractivity contribution in [3.05, 3.63) is 0 Å². The van der Waals surface area contributed by atoms with E-state index in [0.717, 1.165) is 0 Å². The first-order valence-electron chi connectivity index (χ1n) is 0.761. The Labute approximate surface area is 75.0 Å². The first-order chi connectivity index (χ1) is 2.41. The normalized spacial score (nSPS) is 3.17. The molecule has 0 heterocycles. The molecule has 0 unspecified atom stereocenters. The second kappa shape index (κ2) is 30.8. The van der Waals surface area contributed by atoms with Gasteiger partial charge in [0.2, 0.25) is 0 Å². The molecule has 0 rings (SSSR count). The van der Waals surface area contributed by atoms with Crippen LogP contribution in [-0.4, -0.2) is 41.1 Å². The quantitative estimate of drug-likeness (QED) is 0.452. The molecule has 0 aliphatic carbocycles. The van der Waals surface area contributed by atoms with E-state index in [1.54, 1.807) is 0 Å². The van der Waals surface area contributed by atoms with E-state index in [9.17, 15) is 0 Å². The molecule has 0 aliphatic rings. The third kappa shape index (κ3) is 47.1. The minimum absolute atomic E-state index is 0. The summed E-state index contributed by atoms with van der Waals surface area (Å²) in [6, 6.07) is 0. The summed E-state index contributed by atoms with van der Waals surface area (Å²) >= 11 is 4.25. The Balaban J connectivity index is -0.0000000275. The molecule has 0 aromatic heterocycles. The van der Waals surface area contributed by atoms with Crippen molar-refractivity contribution < 1.29 is 26.2 Å². The summed E-state index contributed by atoms with van der Waals surface area (Å²) in [5.74, 6) is 0. The third-order valence-electron chi connectivity index (χ3n) is 0. The van der Waals surface area contributed by atoms with Gasteiger partial charge >= 0.3 is 59.5 Å². The van der Waals surface area contributed by atoms with E-state index in [0.29, 0.717) is 0 Å². The van der Waals surface area contributed by atoms with Crippen molar-refractivity contribution in [2.24, 2.45) is 0 Å². The fraction of sp³-hybridized carbons (Fsp3) is 0. The molecule has 1 N–H and O–H groups in total. The first kappa shape index (κ1) is 15.6. The van der Waals surface area contributed by atoms with Gasteiger partial charge < -0.3 is 5.11 Å². The van der Waals surface area contributed by atoms with Crippen molar-refractivity contribution in [2.45, 2.75) is 0 Å². The number of hydrogen-bond acceptors (Lipinski definition) is 1. The minimum atomic E-state index is -0.250. The third-order valence-corrected chi connectivity index (χ3v) is 0. The van der Waals surface area contributed by atoms with E-state index in [-0.39, 0.29) is 36.0 Å². The molecule has 0 aromatic carbocycles. The van der Waals surface area contributed by atoms with Crippen LogP contribution in [0.2, 0.25) is 0 Å². The molecule has 0 amide bonds. The predicted molar refractivity (Wildman–Crippen MR) is 24.8 cm³/mol. The number of rotatable bonds is 0. The van der Waals surface area contributed by atoms with Crippen LogP contribution in [0.15, 0.2) is 0 Å². The first-order valence-corrected chi connectivity index (χ1v) is 7.71. The van der Waals surface area contributed by atoms with Crippen LogP contribution in [-0.2, 0) is 21.1 Å². The Bertz CT molecular complexity index is 21.0. The summed E-state index contributed by atoms with van der Waals surface area (Å²) in [5, 5.41) is 6.89. The molecule has 6 heavy (non-hydrogen) atoms. The molecule has 2 nitrogen and oxygen atoms in total. The van der Waals surface area contributed by atoms with Gasteiger partial charge in [0.15, 0.2) is 0 Å². The predicted octanol–water partition coefficient (Wildman–Crippen LogP) is -0.105. The molecule has 0 bridgehead atoms. The fourth-order valence-corrected chi connectivity index (χ4v) is 0. The number of hydrogen-bond donors (Lipinski definition) is 1. The molecule has 0 spiro atoms. The second-order valence-electron chi connectivity index (χ2n) is 0.105. The number of carbonyl (C=O) groups is 1. The van der Waals surface area contributed by atoms with E-state index in [1.807, 2.05) is 0 Å². The van der Waals surface area contributed by atoms with Crippen molar-refractivity contribution in [3.63, 3.8) is 0 Å². The SMILES string of the molecule is O=CO.[NaH].[Zn][Br]. The van der Waals surface area contributed by atoms with Crippen LogP contribution in [0.5, 0.6) is 0 Å². The zero-order valence-corrected chi connectivity index (χ0v) is 7.07.